The van der Waals surface area contributed by atoms with Gasteiger partial charge in [-0.15, -0.1) is 18.2 Å². The standard InChI is InChI=1S/C30H21N2OP.Pt/c1-20-14-15-31-29(16-20)33-24-7-5-6-22(17-24)23-11-12-26-25-8-3-4-9-27(25)34(28(26)18-23)30-13-10-21(2)19-32-30;/h3-16,19H,1-2H3;/q-2;+2. The Bertz CT molecular complexity index is 1660. The van der Waals surface area contributed by atoms with Gasteiger partial charge in [0, 0.05) is 24.2 Å². The second-order valence-corrected chi connectivity index (χ2v) is 10.4. The largest absolute Gasteiger partial charge is 2.00 e. The Balaban J connectivity index is 0.00000253. The fourth-order valence-corrected chi connectivity index (χ4v) is 6.67. The molecule has 0 bridgehead atoms. The van der Waals surface area contributed by atoms with Crippen molar-refractivity contribution >= 4 is 28.5 Å². The van der Waals surface area contributed by atoms with Crippen LogP contribution in [0.15, 0.2) is 91.3 Å². The number of ether oxygens (including phenoxy) is 1. The third kappa shape index (κ3) is 4.55. The van der Waals surface area contributed by atoms with Crippen molar-refractivity contribution in [2.75, 3.05) is 0 Å². The minimum Gasteiger partial charge on any atom is -0.460 e. The number of aromatic nitrogens is 2. The zero-order valence-electron chi connectivity index (χ0n) is 19.2. The van der Waals surface area contributed by atoms with Crippen LogP contribution in [0, 0.1) is 26.0 Å². The molecule has 35 heavy (non-hydrogen) atoms. The van der Waals surface area contributed by atoms with Crippen LogP contribution in [0.5, 0.6) is 11.6 Å². The van der Waals surface area contributed by atoms with E-state index >= 15 is 0 Å². The molecule has 0 radical (unpaired) electrons. The number of nitrogens with zero attached hydrogens (tertiary/aromatic N) is 2. The molecular weight excluding hydrogens is 630 g/mol. The Morgan fingerprint density at radius 1 is 0.743 bits per heavy atom. The first-order valence-corrected chi connectivity index (χ1v) is 12.5. The summed E-state index contributed by atoms with van der Waals surface area (Å²) in [6.45, 7) is 4.09. The summed E-state index contributed by atoms with van der Waals surface area (Å²) in [6.07, 6.45) is 3.71. The normalized spacial score (nSPS) is 11.4. The van der Waals surface area contributed by atoms with Crippen LogP contribution in [-0.4, -0.2) is 9.97 Å². The van der Waals surface area contributed by atoms with E-state index < -0.39 is 7.53 Å². The van der Waals surface area contributed by atoms with Gasteiger partial charge in [0.1, 0.15) is 0 Å². The Hall–Kier alpha value is -3.25. The molecule has 0 saturated heterocycles. The molecule has 0 spiro atoms. The molecule has 0 N–H and O–H groups in total. The monoisotopic (exact) mass is 651 g/mol. The van der Waals surface area contributed by atoms with Gasteiger partial charge in [0.15, 0.2) is 0 Å². The summed E-state index contributed by atoms with van der Waals surface area (Å²) in [5.74, 6) is 1.20. The SMILES string of the molecule is Cc1ccc(-p2c3[c-]c(-c4[c-]c(Oc5cc(C)ccn5)ccc4)ccc3c3ccccc32)nc1.[Pt+2]. The minimum atomic E-state index is -0.764. The molecule has 172 valence electrons. The minimum absolute atomic E-state index is 0. The maximum atomic E-state index is 5.98. The molecule has 1 unspecified atom stereocenters. The number of benzene rings is 3. The third-order valence-electron chi connectivity index (χ3n) is 5.87. The quantitative estimate of drug-likeness (QED) is 0.180. The summed E-state index contributed by atoms with van der Waals surface area (Å²) in [5, 5.41) is 5.07. The summed E-state index contributed by atoms with van der Waals surface area (Å²) in [5.41, 5.74) is 5.31. The van der Waals surface area contributed by atoms with Crippen molar-refractivity contribution in [3.05, 3.63) is 115 Å². The molecule has 0 fully saturated rings. The van der Waals surface area contributed by atoms with Crippen molar-refractivity contribution < 1.29 is 25.8 Å². The Morgan fingerprint density at radius 3 is 2.43 bits per heavy atom. The first-order chi connectivity index (χ1) is 16.7. The number of aryl methyl sites for hydroxylation is 2. The second kappa shape index (κ2) is 9.78. The van der Waals surface area contributed by atoms with E-state index in [1.54, 1.807) is 6.20 Å². The van der Waals surface area contributed by atoms with Gasteiger partial charge in [-0.25, -0.2) is 16.1 Å². The van der Waals surface area contributed by atoms with Crippen LogP contribution in [0.4, 0.5) is 0 Å². The van der Waals surface area contributed by atoms with E-state index in [2.05, 4.69) is 72.6 Å². The molecule has 3 heterocycles. The van der Waals surface area contributed by atoms with Gasteiger partial charge in [0.25, 0.3) is 0 Å². The molecule has 0 aliphatic rings. The molecule has 0 saturated carbocycles. The molecule has 0 amide bonds. The van der Waals surface area contributed by atoms with Gasteiger partial charge in [-0.1, -0.05) is 48.4 Å². The van der Waals surface area contributed by atoms with Gasteiger partial charge < -0.3 is 4.74 Å². The van der Waals surface area contributed by atoms with E-state index in [-0.39, 0.29) is 21.1 Å². The molecule has 0 aliphatic heterocycles. The Kier molecular flexibility index (Phi) is 6.56. The van der Waals surface area contributed by atoms with Gasteiger partial charge in [-0.05, 0) is 47.6 Å². The second-order valence-electron chi connectivity index (χ2n) is 8.38. The van der Waals surface area contributed by atoms with Gasteiger partial charge in [-0.2, -0.15) is 24.3 Å². The smallest absolute Gasteiger partial charge is 0.460 e. The van der Waals surface area contributed by atoms with Crippen molar-refractivity contribution in [1.82, 2.24) is 9.97 Å². The van der Waals surface area contributed by atoms with E-state index in [0.29, 0.717) is 11.6 Å². The van der Waals surface area contributed by atoms with Crippen molar-refractivity contribution in [3.63, 3.8) is 0 Å². The van der Waals surface area contributed by atoms with Crippen LogP contribution in [0.2, 0.25) is 0 Å². The van der Waals surface area contributed by atoms with Gasteiger partial charge in [0.2, 0.25) is 5.88 Å². The third-order valence-corrected chi connectivity index (χ3v) is 8.27. The summed E-state index contributed by atoms with van der Waals surface area (Å²) < 4.78 is 5.98. The van der Waals surface area contributed by atoms with Gasteiger partial charge >= 0.3 is 21.1 Å². The van der Waals surface area contributed by atoms with Crippen molar-refractivity contribution in [2.24, 2.45) is 0 Å². The van der Waals surface area contributed by atoms with E-state index in [1.165, 1.54) is 26.6 Å². The average Bonchev–Trinajstić information content (AvgIpc) is 3.18. The zero-order valence-corrected chi connectivity index (χ0v) is 22.4. The maximum Gasteiger partial charge on any atom is 2.00 e. The molecule has 1 atom stereocenters. The first-order valence-electron chi connectivity index (χ1n) is 11.2. The average molecular weight is 652 g/mol. The molecule has 6 aromatic rings. The number of hydrogen-bond donors (Lipinski definition) is 0. The van der Waals surface area contributed by atoms with Crippen LogP contribution >= 0.6 is 7.53 Å². The van der Waals surface area contributed by atoms with Crippen molar-refractivity contribution in [2.45, 2.75) is 13.8 Å². The molecular formula is C30H21N2OPPt. The molecule has 3 aromatic heterocycles. The van der Waals surface area contributed by atoms with Gasteiger partial charge in [0.05, 0.1) is 5.44 Å². The zero-order chi connectivity index (χ0) is 23.1. The molecule has 0 aliphatic carbocycles. The number of pyridine rings is 2. The first kappa shape index (κ1) is 23.5. The van der Waals surface area contributed by atoms with Crippen LogP contribution in [0.1, 0.15) is 11.1 Å². The van der Waals surface area contributed by atoms with Crippen LogP contribution in [0.3, 0.4) is 0 Å². The molecule has 3 aromatic carbocycles. The number of fused-ring (bicyclic) bond motifs is 3. The predicted molar refractivity (Wildman–Crippen MR) is 140 cm³/mol. The van der Waals surface area contributed by atoms with Crippen molar-refractivity contribution in [3.8, 4) is 28.2 Å². The Morgan fingerprint density at radius 2 is 1.60 bits per heavy atom. The van der Waals surface area contributed by atoms with Crippen LogP contribution in [0.25, 0.3) is 37.6 Å². The maximum absolute atomic E-state index is 5.98. The molecule has 6 rings (SSSR count). The van der Waals surface area contributed by atoms with E-state index in [1.807, 2.05) is 43.5 Å². The predicted octanol–water partition coefficient (Wildman–Crippen LogP) is 8.43. The van der Waals surface area contributed by atoms with Crippen molar-refractivity contribution in [1.29, 1.82) is 0 Å². The fourth-order valence-electron chi connectivity index (χ4n) is 4.22. The summed E-state index contributed by atoms with van der Waals surface area (Å²) in [4.78, 5) is 9.11. The van der Waals surface area contributed by atoms with Crippen LogP contribution in [-0.2, 0) is 21.1 Å². The fraction of sp³-hybridized carbons (Fsp3) is 0.0667. The topological polar surface area (TPSA) is 35.0 Å². The number of hydrogen-bond acceptors (Lipinski definition) is 3. The van der Waals surface area contributed by atoms with E-state index in [4.69, 9.17) is 9.72 Å². The molecule has 5 heteroatoms. The Labute approximate surface area is 220 Å². The summed E-state index contributed by atoms with van der Waals surface area (Å²) in [6, 6.07) is 34.2. The van der Waals surface area contributed by atoms with E-state index in [9.17, 15) is 0 Å². The summed E-state index contributed by atoms with van der Waals surface area (Å²) >= 11 is 0. The van der Waals surface area contributed by atoms with Crippen LogP contribution < -0.4 is 4.74 Å². The molecule has 3 nitrogen and oxygen atoms in total. The number of rotatable bonds is 4. The van der Waals surface area contributed by atoms with E-state index in [0.717, 1.165) is 22.1 Å². The van der Waals surface area contributed by atoms with Gasteiger partial charge in [-0.3, -0.25) is 4.98 Å². The summed E-state index contributed by atoms with van der Waals surface area (Å²) in [7, 11) is -0.764.